The fourth-order valence-electron chi connectivity index (χ4n) is 2.89. The zero-order valence-electron chi connectivity index (χ0n) is 16.0. The van der Waals surface area contributed by atoms with Crippen molar-refractivity contribution in [3.8, 4) is 0 Å². The van der Waals surface area contributed by atoms with Crippen molar-refractivity contribution in [1.82, 2.24) is 20.9 Å². The third-order valence-electron chi connectivity index (χ3n) is 4.40. The Bertz CT molecular complexity index is 678. The highest BCUT2D eigenvalue weighted by atomic mass is 19.1. The molecule has 0 unspecified atom stereocenters. The number of ether oxygens (including phenoxy) is 1. The van der Waals surface area contributed by atoms with Crippen molar-refractivity contribution in [1.29, 1.82) is 0 Å². The highest BCUT2D eigenvalue weighted by Crippen LogP contribution is 2.11. The molecular formula is C19H27FN4O4. The molecule has 3 N–H and O–H groups in total. The van der Waals surface area contributed by atoms with Gasteiger partial charge >= 0.3 is 12.1 Å². The molecular weight excluding hydrogens is 367 g/mol. The second-order valence-electron chi connectivity index (χ2n) is 6.45. The van der Waals surface area contributed by atoms with Crippen molar-refractivity contribution in [2.45, 2.75) is 32.2 Å². The molecule has 1 aromatic carbocycles. The predicted molar refractivity (Wildman–Crippen MR) is 102 cm³/mol. The summed E-state index contributed by atoms with van der Waals surface area (Å²) >= 11 is 0. The summed E-state index contributed by atoms with van der Waals surface area (Å²) in [5.74, 6) is -1.04. The number of hydrogen-bond acceptors (Lipinski definition) is 4. The topological polar surface area (TPSA) is 99.8 Å². The van der Waals surface area contributed by atoms with Crippen molar-refractivity contribution in [3.05, 3.63) is 35.6 Å². The van der Waals surface area contributed by atoms with Gasteiger partial charge in [-0.15, -0.1) is 0 Å². The van der Waals surface area contributed by atoms with E-state index in [4.69, 9.17) is 4.74 Å². The summed E-state index contributed by atoms with van der Waals surface area (Å²) in [6.07, 6.45) is 1.55. The van der Waals surface area contributed by atoms with Crippen LogP contribution in [0.2, 0.25) is 0 Å². The van der Waals surface area contributed by atoms with Gasteiger partial charge in [-0.05, 0) is 38.3 Å². The fraction of sp³-hybridized carbons (Fsp3) is 0.526. The lowest BCUT2D eigenvalue weighted by atomic mass is 10.1. The summed E-state index contributed by atoms with van der Waals surface area (Å²) in [6.45, 7) is 3.91. The van der Waals surface area contributed by atoms with Gasteiger partial charge in [-0.1, -0.05) is 12.1 Å². The van der Waals surface area contributed by atoms with E-state index in [9.17, 15) is 18.8 Å². The molecule has 0 aliphatic carbocycles. The summed E-state index contributed by atoms with van der Waals surface area (Å²) < 4.78 is 18.5. The van der Waals surface area contributed by atoms with E-state index in [-0.39, 0.29) is 23.7 Å². The zero-order valence-corrected chi connectivity index (χ0v) is 16.0. The van der Waals surface area contributed by atoms with E-state index in [1.165, 1.54) is 18.2 Å². The maximum Gasteiger partial charge on any atom is 0.409 e. The number of rotatable bonds is 7. The maximum atomic E-state index is 13.5. The Morgan fingerprint density at radius 3 is 2.50 bits per heavy atom. The van der Waals surface area contributed by atoms with Crippen LogP contribution in [-0.4, -0.2) is 61.8 Å². The fourth-order valence-corrected chi connectivity index (χ4v) is 2.89. The van der Waals surface area contributed by atoms with Gasteiger partial charge in [-0.25, -0.2) is 14.0 Å². The Labute approximate surface area is 163 Å². The summed E-state index contributed by atoms with van der Waals surface area (Å²) in [7, 11) is 0. The van der Waals surface area contributed by atoms with E-state index >= 15 is 0 Å². The summed E-state index contributed by atoms with van der Waals surface area (Å²) in [5.41, 5.74) is 0.00219. The van der Waals surface area contributed by atoms with Gasteiger partial charge in [0.25, 0.3) is 5.91 Å². The maximum absolute atomic E-state index is 13.5. The Kier molecular flexibility index (Phi) is 8.51. The third kappa shape index (κ3) is 6.71. The van der Waals surface area contributed by atoms with Crippen LogP contribution in [0.5, 0.6) is 0 Å². The highest BCUT2D eigenvalue weighted by molar-refractivity contribution is 5.94. The number of carbonyl (C=O) groups excluding carboxylic acids is 3. The average Bonchev–Trinajstić information content (AvgIpc) is 2.68. The highest BCUT2D eigenvalue weighted by Gasteiger charge is 2.24. The first kappa shape index (κ1) is 21.5. The number of amides is 4. The molecule has 8 nitrogen and oxygen atoms in total. The van der Waals surface area contributed by atoms with Crippen molar-refractivity contribution in [3.63, 3.8) is 0 Å². The van der Waals surface area contributed by atoms with Gasteiger partial charge in [0, 0.05) is 32.2 Å². The van der Waals surface area contributed by atoms with Crippen molar-refractivity contribution in [2.24, 2.45) is 0 Å². The quantitative estimate of drug-likeness (QED) is 0.615. The predicted octanol–water partition coefficient (Wildman–Crippen LogP) is 1.87. The number of urea groups is 1. The first-order valence-electron chi connectivity index (χ1n) is 9.50. The molecule has 1 aromatic rings. The molecule has 0 spiro atoms. The number of halogens is 1. The molecule has 1 saturated heterocycles. The number of hydrogen-bond donors (Lipinski definition) is 3. The van der Waals surface area contributed by atoms with Crippen LogP contribution in [0.25, 0.3) is 0 Å². The van der Waals surface area contributed by atoms with Crippen LogP contribution in [0.1, 0.15) is 36.5 Å². The van der Waals surface area contributed by atoms with Gasteiger partial charge in [0.1, 0.15) is 5.82 Å². The van der Waals surface area contributed by atoms with E-state index < -0.39 is 11.7 Å². The minimum absolute atomic E-state index is 0.00219. The molecule has 1 heterocycles. The molecule has 0 aromatic heterocycles. The van der Waals surface area contributed by atoms with Crippen molar-refractivity contribution >= 4 is 18.0 Å². The second kappa shape index (κ2) is 11.1. The normalized spacial score (nSPS) is 14.3. The molecule has 1 aliphatic heterocycles. The van der Waals surface area contributed by atoms with Crippen LogP contribution in [0.3, 0.4) is 0 Å². The van der Waals surface area contributed by atoms with E-state index in [1.54, 1.807) is 17.9 Å². The number of likely N-dealkylation sites (tertiary alicyclic amines) is 1. The van der Waals surface area contributed by atoms with Crippen LogP contribution in [0.4, 0.5) is 14.0 Å². The summed E-state index contributed by atoms with van der Waals surface area (Å²) in [6, 6.07) is 5.50. The third-order valence-corrected chi connectivity index (χ3v) is 4.40. The number of benzene rings is 1. The van der Waals surface area contributed by atoms with Crippen LogP contribution >= 0.6 is 0 Å². The Morgan fingerprint density at radius 1 is 1.14 bits per heavy atom. The number of nitrogens with zero attached hydrogens (tertiary/aromatic N) is 1. The number of carbonyl (C=O) groups is 3. The summed E-state index contributed by atoms with van der Waals surface area (Å²) in [5, 5.41) is 8.23. The first-order valence-corrected chi connectivity index (χ1v) is 9.50. The molecule has 0 saturated carbocycles. The number of piperidine rings is 1. The van der Waals surface area contributed by atoms with Gasteiger partial charge in [-0.3, -0.25) is 4.79 Å². The van der Waals surface area contributed by atoms with Crippen molar-refractivity contribution in [2.75, 3.05) is 32.8 Å². The monoisotopic (exact) mass is 394 g/mol. The molecule has 9 heteroatoms. The van der Waals surface area contributed by atoms with Crippen LogP contribution < -0.4 is 16.0 Å². The molecule has 1 fully saturated rings. The molecule has 0 bridgehead atoms. The average molecular weight is 394 g/mol. The Hall–Kier alpha value is -2.84. The van der Waals surface area contributed by atoms with E-state index in [0.29, 0.717) is 52.0 Å². The molecule has 0 atom stereocenters. The first-order chi connectivity index (χ1) is 13.5. The SMILES string of the molecule is CCOC(=O)N1CCC(NC(=O)NCCCNC(=O)c2ccccc2F)CC1. The minimum atomic E-state index is -0.563. The Balaban J connectivity index is 1.56. The van der Waals surface area contributed by atoms with Gasteiger partial charge in [0.2, 0.25) is 0 Å². The lowest BCUT2D eigenvalue weighted by Crippen LogP contribution is -2.49. The smallest absolute Gasteiger partial charge is 0.409 e. The van der Waals surface area contributed by atoms with E-state index in [2.05, 4.69) is 16.0 Å². The van der Waals surface area contributed by atoms with Crippen molar-refractivity contribution < 1.29 is 23.5 Å². The zero-order chi connectivity index (χ0) is 20.4. The largest absolute Gasteiger partial charge is 0.450 e. The molecule has 154 valence electrons. The number of nitrogens with one attached hydrogen (secondary N) is 3. The van der Waals surface area contributed by atoms with E-state index in [0.717, 1.165) is 0 Å². The van der Waals surface area contributed by atoms with Crippen LogP contribution in [-0.2, 0) is 4.74 Å². The van der Waals surface area contributed by atoms with Gasteiger partial charge in [0.05, 0.1) is 12.2 Å². The molecule has 0 radical (unpaired) electrons. The summed E-state index contributed by atoms with van der Waals surface area (Å²) in [4.78, 5) is 37.1. The van der Waals surface area contributed by atoms with Gasteiger partial charge in [0.15, 0.2) is 0 Å². The van der Waals surface area contributed by atoms with Crippen LogP contribution in [0.15, 0.2) is 24.3 Å². The standard InChI is InChI=1S/C19H27FN4O4/c1-2-28-19(27)24-12-8-14(9-13-24)23-18(26)22-11-5-10-21-17(25)15-6-3-4-7-16(15)20/h3-4,6-7,14H,2,5,8-13H2,1H3,(H,21,25)(H2,22,23,26). The molecule has 4 amide bonds. The lowest BCUT2D eigenvalue weighted by molar-refractivity contribution is 0.0945. The molecule has 28 heavy (non-hydrogen) atoms. The lowest BCUT2D eigenvalue weighted by Gasteiger charge is -2.31. The second-order valence-corrected chi connectivity index (χ2v) is 6.45. The molecule has 1 aliphatic rings. The Morgan fingerprint density at radius 2 is 1.82 bits per heavy atom. The van der Waals surface area contributed by atoms with Crippen LogP contribution in [0, 0.1) is 5.82 Å². The molecule has 2 rings (SSSR count). The van der Waals surface area contributed by atoms with E-state index in [1.807, 2.05) is 0 Å². The van der Waals surface area contributed by atoms with Gasteiger partial charge < -0.3 is 25.6 Å². The van der Waals surface area contributed by atoms with Gasteiger partial charge in [-0.2, -0.15) is 0 Å². The minimum Gasteiger partial charge on any atom is -0.450 e.